The molecule has 0 amide bonds. The lowest BCUT2D eigenvalue weighted by molar-refractivity contribution is 1.07. The first-order chi connectivity index (χ1) is 7.29. The average Bonchev–Trinajstić information content (AvgIpc) is 2.60. The third-order valence-electron chi connectivity index (χ3n) is 2.04. The first-order valence-corrected chi connectivity index (χ1v) is 5.62. The van der Waals surface area contributed by atoms with E-state index in [2.05, 4.69) is 16.9 Å². The number of nitrogens with zero attached hydrogens (tertiary/aromatic N) is 1. The summed E-state index contributed by atoms with van der Waals surface area (Å²) in [7, 11) is 0. The summed E-state index contributed by atoms with van der Waals surface area (Å²) in [5.74, 6) is 0. The van der Waals surface area contributed by atoms with Crippen LogP contribution in [-0.4, -0.2) is 11.5 Å². The molecule has 3 nitrogen and oxygen atoms in total. The molecule has 0 aliphatic rings. The van der Waals surface area contributed by atoms with Crippen LogP contribution in [-0.2, 0) is 0 Å². The van der Waals surface area contributed by atoms with Crippen LogP contribution in [0.3, 0.4) is 0 Å². The van der Waals surface area contributed by atoms with Crippen LogP contribution >= 0.6 is 11.3 Å². The van der Waals surface area contributed by atoms with Gasteiger partial charge in [-0.1, -0.05) is 17.4 Å². The quantitative estimate of drug-likeness (QED) is 0.472. The number of hydrogen-bond donors (Lipinski definition) is 2. The Morgan fingerprint density at radius 3 is 3.20 bits per heavy atom. The van der Waals surface area contributed by atoms with Crippen LogP contribution in [0.4, 0.5) is 10.8 Å². The molecule has 0 spiro atoms. The van der Waals surface area contributed by atoms with Crippen molar-refractivity contribution in [2.24, 2.45) is 0 Å². The van der Waals surface area contributed by atoms with Crippen LogP contribution in [0.15, 0.2) is 30.9 Å². The standard InChI is InChI=1S/C11H13N3S/c1-2-3-6-13-11-14-9-5-4-8(12)7-10(9)15-11/h2,4-5,7H,1,3,6,12H2,(H,13,14). The average molecular weight is 219 g/mol. The van der Waals surface area contributed by atoms with Crippen LogP contribution in [0.1, 0.15) is 6.42 Å². The lowest BCUT2D eigenvalue weighted by Crippen LogP contribution is -1.98. The van der Waals surface area contributed by atoms with Crippen molar-refractivity contribution in [3.63, 3.8) is 0 Å². The Morgan fingerprint density at radius 1 is 1.53 bits per heavy atom. The topological polar surface area (TPSA) is 50.9 Å². The molecule has 0 bridgehead atoms. The normalized spacial score (nSPS) is 10.4. The van der Waals surface area contributed by atoms with E-state index >= 15 is 0 Å². The largest absolute Gasteiger partial charge is 0.399 e. The minimum absolute atomic E-state index is 0.781. The van der Waals surface area contributed by atoms with Crippen molar-refractivity contribution in [3.8, 4) is 0 Å². The van der Waals surface area contributed by atoms with E-state index < -0.39 is 0 Å². The highest BCUT2D eigenvalue weighted by Gasteiger charge is 2.02. The molecule has 0 unspecified atom stereocenters. The maximum atomic E-state index is 5.70. The molecule has 1 heterocycles. The number of fused-ring (bicyclic) bond motifs is 1. The number of anilines is 2. The van der Waals surface area contributed by atoms with Gasteiger partial charge in [0.1, 0.15) is 0 Å². The van der Waals surface area contributed by atoms with Crippen LogP contribution in [0, 0.1) is 0 Å². The Morgan fingerprint density at radius 2 is 2.40 bits per heavy atom. The van der Waals surface area contributed by atoms with Gasteiger partial charge in [0.05, 0.1) is 10.2 Å². The molecule has 78 valence electrons. The molecule has 0 atom stereocenters. The molecule has 0 aliphatic carbocycles. The van der Waals surface area contributed by atoms with Crippen LogP contribution < -0.4 is 11.1 Å². The Hall–Kier alpha value is -1.55. The molecule has 0 saturated heterocycles. The van der Waals surface area contributed by atoms with Crippen molar-refractivity contribution in [1.29, 1.82) is 0 Å². The Balaban J connectivity index is 2.19. The van der Waals surface area contributed by atoms with Crippen molar-refractivity contribution >= 4 is 32.4 Å². The molecular formula is C11H13N3S. The zero-order chi connectivity index (χ0) is 10.7. The highest BCUT2D eigenvalue weighted by atomic mass is 32.1. The molecule has 0 radical (unpaired) electrons. The van der Waals surface area contributed by atoms with Crippen LogP contribution in [0.2, 0.25) is 0 Å². The van der Waals surface area contributed by atoms with Crippen molar-refractivity contribution in [2.75, 3.05) is 17.6 Å². The molecule has 1 aromatic carbocycles. The summed E-state index contributed by atoms with van der Waals surface area (Å²) in [5.41, 5.74) is 7.48. The highest BCUT2D eigenvalue weighted by molar-refractivity contribution is 7.22. The maximum Gasteiger partial charge on any atom is 0.183 e. The fourth-order valence-electron chi connectivity index (χ4n) is 1.30. The first-order valence-electron chi connectivity index (χ1n) is 4.80. The number of benzene rings is 1. The van der Waals surface area contributed by atoms with Crippen molar-refractivity contribution in [2.45, 2.75) is 6.42 Å². The predicted molar refractivity (Wildman–Crippen MR) is 67.3 cm³/mol. The molecule has 2 rings (SSSR count). The Bertz CT molecular complexity index is 476. The first kappa shape index (κ1) is 9.98. The summed E-state index contributed by atoms with van der Waals surface area (Å²) < 4.78 is 1.12. The van der Waals surface area contributed by atoms with E-state index in [1.807, 2.05) is 24.3 Å². The minimum Gasteiger partial charge on any atom is -0.399 e. The van der Waals surface area contributed by atoms with Gasteiger partial charge in [-0.05, 0) is 24.6 Å². The smallest absolute Gasteiger partial charge is 0.183 e. The van der Waals surface area contributed by atoms with E-state index in [4.69, 9.17) is 5.73 Å². The number of rotatable bonds is 4. The lowest BCUT2D eigenvalue weighted by atomic mass is 10.3. The number of aromatic nitrogens is 1. The van der Waals surface area contributed by atoms with Gasteiger partial charge in [0.25, 0.3) is 0 Å². The Kier molecular flexibility index (Phi) is 2.87. The second-order valence-corrected chi connectivity index (χ2v) is 4.28. The highest BCUT2D eigenvalue weighted by Crippen LogP contribution is 2.27. The maximum absolute atomic E-state index is 5.70. The third-order valence-corrected chi connectivity index (χ3v) is 3.01. The summed E-state index contributed by atoms with van der Waals surface area (Å²) in [6, 6.07) is 5.76. The molecular weight excluding hydrogens is 206 g/mol. The minimum atomic E-state index is 0.781. The van der Waals surface area contributed by atoms with E-state index in [0.717, 1.165) is 34.0 Å². The number of nitrogens with one attached hydrogen (secondary N) is 1. The number of nitrogen functional groups attached to an aromatic ring is 1. The number of hydrogen-bond acceptors (Lipinski definition) is 4. The van der Waals surface area contributed by atoms with Gasteiger partial charge in [0, 0.05) is 12.2 Å². The van der Waals surface area contributed by atoms with Crippen molar-refractivity contribution in [1.82, 2.24) is 4.98 Å². The van der Waals surface area contributed by atoms with E-state index in [1.165, 1.54) is 0 Å². The lowest BCUT2D eigenvalue weighted by Gasteiger charge is -1.96. The van der Waals surface area contributed by atoms with Gasteiger partial charge >= 0.3 is 0 Å². The van der Waals surface area contributed by atoms with Crippen LogP contribution in [0.25, 0.3) is 10.2 Å². The molecule has 4 heteroatoms. The summed E-state index contributed by atoms with van der Waals surface area (Å²) in [5, 5.41) is 4.19. The molecule has 2 aromatic rings. The van der Waals surface area contributed by atoms with E-state index in [1.54, 1.807) is 11.3 Å². The fourth-order valence-corrected chi connectivity index (χ4v) is 2.24. The van der Waals surface area contributed by atoms with Crippen molar-refractivity contribution < 1.29 is 0 Å². The second kappa shape index (κ2) is 4.31. The predicted octanol–water partition coefficient (Wildman–Crippen LogP) is 2.87. The van der Waals surface area contributed by atoms with Crippen LogP contribution in [0.5, 0.6) is 0 Å². The number of thiazole rings is 1. The summed E-state index contributed by atoms with van der Waals surface area (Å²) >= 11 is 1.63. The van der Waals surface area contributed by atoms with Gasteiger partial charge in [-0.3, -0.25) is 0 Å². The van der Waals surface area contributed by atoms with Gasteiger partial charge in [0.2, 0.25) is 0 Å². The van der Waals surface area contributed by atoms with Crippen molar-refractivity contribution in [3.05, 3.63) is 30.9 Å². The third kappa shape index (κ3) is 2.27. The molecule has 1 aromatic heterocycles. The monoisotopic (exact) mass is 219 g/mol. The molecule has 0 saturated carbocycles. The Labute approximate surface area is 92.6 Å². The van der Waals surface area contributed by atoms with Gasteiger partial charge in [-0.2, -0.15) is 0 Å². The molecule has 3 N–H and O–H groups in total. The summed E-state index contributed by atoms with van der Waals surface area (Å²) in [6.07, 6.45) is 2.83. The fraction of sp³-hybridized carbons (Fsp3) is 0.182. The zero-order valence-electron chi connectivity index (χ0n) is 8.36. The zero-order valence-corrected chi connectivity index (χ0v) is 9.18. The second-order valence-electron chi connectivity index (χ2n) is 3.25. The van der Waals surface area contributed by atoms with Gasteiger partial charge in [-0.25, -0.2) is 4.98 Å². The van der Waals surface area contributed by atoms with E-state index in [9.17, 15) is 0 Å². The summed E-state index contributed by atoms with van der Waals surface area (Å²) in [4.78, 5) is 4.44. The molecule has 15 heavy (non-hydrogen) atoms. The molecule has 0 aliphatic heterocycles. The van der Waals surface area contributed by atoms with Gasteiger partial charge in [0.15, 0.2) is 5.13 Å². The van der Waals surface area contributed by atoms with E-state index in [0.29, 0.717) is 0 Å². The number of nitrogens with two attached hydrogens (primary N) is 1. The van der Waals surface area contributed by atoms with Gasteiger partial charge in [-0.15, -0.1) is 6.58 Å². The SMILES string of the molecule is C=CCCNc1nc2ccc(N)cc2s1. The van der Waals surface area contributed by atoms with E-state index in [-0.39, 0.29) is 0 Å². The molecule has 0 fully saturated rings. The van der Waals surface area contributed by atoms with Gasteiger partial charge < -0.3 is 11.1 Å². The summed E-state index contributed by atoms with van der Waals surface area (Å²) in [6.45, 7) is 4.55.